The van der Waals surface area contributed by atoms with E-state index in [1.807, 2.05) is 6.92 Å². The Morgan fingerprint density at radius 2 is 1.71 bits per heavy atom. The van der Waals surface area contributed by atoms with Gasteiger partial charge >= 0.3 is 6.18 Å². The summed E-state index contributed by atoms with van der Waals surface area (Å²) >= 11 is 0. The molecule has 0 bridgehead atoms. The summed E-state index contributed by atoms with van der Waals surface area (Å²) in [6, 6.07) is 12.4. The highest BCUT2D eigenvalue weighted by atomic mass is 19.4. The minimum Gasteiger partial charge on any atom is -0.508 e. The van der Waals surface area contributed by atoms with Gasteiger partial charge in [-0.05, 0) is 47.6 Å². The average Bonchev–Trinajstić information content (AvgIpc) is 2.69. The fraction of sp³-hybridized carbons (Fsp3) is 0.375. The molecule has 0 saturated heterocycles. The van der Waals surface area contributed by atoms with Gasteiger partial charge in [0.25, 0.3) is 0 Å². The van der Waals surface area contributed by atoms with Crippen molar-refractivity contribution in [2.24, 2.45) is 0 Å². The molecule has 1 unspecified atom stereocenters. The summed E-state index contributed by atoms with van der Waals surface area (Å²) in [4.78, 5) is 12.1. The maximum absolute atomic E-state index is 14.2. The summed E-state index contributed by atoms with van der Waals surface area (Å²) in [5, 5.41) is 21.5. The third-order valence-corrected chi connectivity index (χ3v) is 5.78. The van der Waals surface area contributed by atoms with Gasteiger partial charge in [-0.1, -0.05) is 45.0 Å². The van der Waals surface area contributed by atoms with Crippen molar-refractivity contribution in [3.05, 3.63) is 76.1 Å². The summed E-state index contributed by atoms with van der Waals surface area (Å²) in [5.74, 6) is -0.111. The molecule has 1 heterocycles. The minimum atomic E-state index is -4.94. The van der Waals surface area contributed by atoms with Crippen LogP contribution in [0.25, 0.3) is 10.9 Å². The summed E-state index contributed by atoms with van der Waals surface area (Å²) in [6.07, 6.45) is -3.68. The third kappa shape index (κ3) is 4.46. The monoisotopic (exact) mass is 433 g/mol. The number of phenols is 1. The maximum atomic E-state index is 14.2. The van der Waals surface area contributed by atoms with E-state index in [9.17, 15) is 28.2 Å². The van der Waals surface area contributed by atoms with Crippen molar-refractivity contribution in [1.82, 2.24) is 4.57 Å². The second-order valence-corrected chi connectivity index (χ2v) is 8.62. The van der Waals surface area contributed by atoms with Crippen LogP contribution in [0, 0.1) is 0 Å². The summed E-state index contributed by atoms with van der Waals surface area (Å²) < 4.78 is 43.8. The first-order valence-electron chi connectivity index (χ1n) is 10.1. The number of hydrogen-bond donors (Lipinski definition) is 2. The topological polar surface area (TPSA) is 62.5 Å². The Kier molecular flexibility index (Phi) is 5.93. The highest BCUT2D eigenvalue weighted by molar-refractivity contribution is 5.78. The predicted molar refractivity (Wildman–Crippen MR) is 114 cm³/mol. The molecular formula is C24H26F3NO3. The molecule has 0 saturated carbocycles. The molecule has 0 aliphatic carbocycles. The van der Waals surface area contributed by atoms with Crippen molar-refractivity contribution in [2.75, 3.05) is 0 Å². The number of fused-ring (bicyclic) bond motifs is 1. The van der Waals surface area contributed by atoms with E-state index in [2.05, 4.69) is 0 Å². The molecule has 0 radical (unpaired) electrons. The number of pyridine rings is 1. The SMILES string of the molecule is CCc1ccc(O)c(C(C)(C)CC(O)(Cn2ccc(=O)c3ccccc32)C(F)(F)F)c1. The van der Waals surface area contributed by atoms with Crippen molar-refractivity contribution < 1.29 is 23.4 Å². The second kappa shape index (κ2) is 8.04. The molecule has 4 nitrogen and oxygen atoms in total. The van der Waals surface area contributed by atoms with Gasteiger partial charge in [-0.3, -0.25) is 4.79 Å². The minimum absolute atomic E-state index is 0.111. The zero-order valence-electron chi connectivity index (χ0n) is 17.7. The molecule has 1 aromatic heterocycles. The van der Waals surface area contributed by atoms with Gasteiger partial charge in [0.2, 0.25) is 0 Å². The van der Waals surface area contributed by atoms with Gasteiger partial charge in [-0.15, -0.1) is 0 Å². The number of alkyl halides is 3. The largest absolute Gasteiger partial charge is 0.508 e. The van der Waals surface area contributed by atoms with E-state index < -0.39 is 30.2 Å². The number of phenolic OH excluding ortho intramolecular Hbond substituents is 1. The molecule has 31 heavy (non-hydrogen) atoms. The number of aliphatic hydroxyl groups is 1. The lowest BCUT2D eigenvalue weighted by Gasteiger charge is -2.39. The zero-order chi connectivity index (χ0) is 23.0. The van der Waals surface area contributed by atoms with E-state index in [4.69, 9.17) is 0 Å². The Hall–Kier alpha value is -2.80. The average molecular weight is 433 g/mol. The predicted octanol–water partition coefficient (Wildman–Crippen LogP) is 4.93. The molecule has 0 amide bonds. The van der Waals surface area contributed by atoms with Crippen LogP contribution in [0.15, 0.2) is 59.5 Å². The summed E-state index contributed by atoms with van der Waals surface area (Å²) in [6.45, 7) is 4.27. The lowest BCUT2D eigenvalue weighted by Crippen LogP contribution is -2.52. The molecule has 0 aliphatic heterocycles. The van der Waals surface area contributed by atoms with Crippen molar-refractivity contribution >= 4 is 10.9 Å². The third-order valence-electron chi connectivity index (χ3n) is 5.78. The van der Waals surface area contributed by atoms with E-state index >= 15 is 0 Å². The number of halogens is 3. The standard InChI is InChI=1S/C24H26F3NO3/c1-4-16-9-10-21(30)18(13-16)22(2,3)14-23(31,24(25,26)27)15-28-12-11-20(29)17-7-5-6-8-19(17)28/h5-13,30-31H,4,14-15H2,1-3H3. The van der Waals surface area contributed by atoms with Crippen molar-refractivity contribution in [2.45, 2.75) is 57.3 Å². The first-order chi connectivity index (χ1) is 14.4. The van der Waals surface area contributed by atoms with Gasteiger partial charge in [-0.25, -0.2) is 0 Å². The first kappa shape index (κ1) is 22.9. The number of hydrogen-bond acceptors (Lipinski definition) is 3. The van der Waals surface area contributed by atoms with Crippen LogP contribution in [-0.4, -0.2) is 26.6 Å². The summed E-state index contributed by atoms with van der Waals surface area (Å²) in [7, 11) is 0. The second-order valence-electron chi connectivity index (χ2n) is 8.62. The Labute approximate surface area is 178 Å². The van der Waals surface area contributed by atoms with Crippen molar-refractivity contribution in [3.8, 4) is 5.75 Å². The van der Waals surface area contributed by atoms with Gasteiger partial charge < -0.3 is 14.8 Å². The van der Waals surface area contributed by atoms with Crippen molar-refractivity contribution in [3.63, 3.8) is 0 Å². The summed E-state index contributed by atoms with van der Waals surface area (Å²) in [5.41, 5.74) is -3.05. The lowest BCUT2D eigenvalue weighted by atomic mass is 9.74. The van der Waals surface area contributed by atoms with Crippen LogP contribution >= 0.6 is 0 Å². The van der Waals surface area contributed by atoms with Crippen LogP contribution in [0.4, 0.5) is 13.2 Å². The van der Waals surface area contributed by atoms with Crippen molar-refractivity contribution in [1.29, 1.82) is 0 Å². The van der Waals surface area contributed by atoms with E-state index in [0.29, 0.717) is 17.5 Å². The molecule has 0 fully saturated rings. The normalized spacial score (nSPS) is 14.5. The van der Waals surface area contributed by atoms with Crippen LogP contribution in [0.1, 0.15) is 38.3 Å². The van der Waals surface area contributed by atoms with Crippen LogP contribution in [0.3, 0.4) is 0 Å². The van der Waals surface area contributed by atoms with E-state index in [1.54, 1.807) is 50.2 Å². The van der Waals surface area contributed by atoms with Crippen LogP contribution in [0.2, 0.25) is 0 Å². The van der Waals surface area contributed by atoms with E-state index in [1.165, 1.54) is 22.9 Å². The molecular weight excluding hydrogens is 407 g/mol. The fourth-order valence-electron chi connectivity index (χ4n) is 4.10. The molecule has 3 aromatic rings. The first-order valence-corrected chi connectivity index (χ1v) is 10.1. The number of aromatic nitrogens is 1. The smallest absolute Gasteiger partial charge is 0.418 e. The van der Waals surface area contributed by atoms with Gasteiger partial charge in [0.05, 0.1) is 12.1 Å². The molecule has 0 aliphatic rings. The molecule has 2 aromatic carbocycles. The number of para-hydroxylation sites is 1. The van der Waals surface area contributed by atoms with Crippen LogP contribution in [-0.2, 0) is 18.4 Å². The van der Waals surface area contributed by atoms with Gasteiger partial charge in [0.15, 0.2) is 11.0 Å². The molecule has 1 atom stereocenters. The highest BCUT2D eigenvalue weighted by Crippen LogP contribution is 2.44. The highest BCUT2D eigenvalue weighted by Gasteiger charge is 2.56. The molecule has 7 heteroatoms. The van der Waals surface area contributed by atoms with Gasteiger partial charge in [0.1, 0.15) is 5.75 Å². The Morgan fingerprint density at radius 1 is 1.03 bits per heavy atom. The lowest BCUT2D eigenvalue weighted by molar-refractivity contribution is -0.271. The van der Waals surface area contributed by atoms with Gasteiger partial charge in [-0.2, -0.15) is 13.2 Å². The number of aromatic hydroxyl groups is 1. The Bertz CT molecular complexity index is 1150. The van der Waals surface area contributed by atoms with Gasteiger partial charge in [0, 0.05) is 17.6 Å². The fourth-order valence-corrected chi connectivity index (χ4v) is 4.10. The Morgan fingerprint density at radius 3 is 2.35 bits per heavy atom. The number of benzene rings is 2. The van der Waals surface area contributed by atoms with E-state index in [0.717, 1.165) is 5.56 Å². The molecule has 2 N–H and O–H groups in total. The number of aryl methyl sites for hydroxylation is 1. The quantitative estimate of drug-likeness (QED) is 0.579. The van der Waals surface area contributed by atoms with Crippen LogP contribution in [0.5, 0.6) is 5.75 Å². The number of nitrogens with zero attached hydrogens (tertiary/aromatic N) is 1. The molecule has 0 spiro atoms. The maximum Gasteiger partial charge on any atom is 0.418 e. The Balaban J connectivity index is 2.07. The molecule has 166 valence electrons. The van der Waals surface area contributed by atoms with Crippen LogP contribution < -0.4 is 5.43 Å². The molecule has 3 rings (SSSR count). The zero-order valence-corrected chi connectivity index (χ0v) is 17.7. The van der Waals surface area contributed by atoms with E-state index in [-0.39, 0.29) is 16.6 Å². The number of rotatable bonds is 6.